The van der Waals surface area contributed by atoms with Crippen LogP contribution in [0.15, 0.2) is 29.5 Å². The fraction of sp³-hybridized carbons (Fsp3) is 0.286. The molecular weight excluding hydrogens is 296 g/mol. The van der Waals surface area contributed by atoms with Gasteiger partial charge in [-0.3, -0.25) is 0 Å². The van der Waals surface area contributed by atoms with Crippen LogP contribution in [0.5, 0.6) is 5.75 Å². The number of esters is 1. The minimum atomic E-state index is -0.700. The number of halogens is 1. The van der Waals surface area contributed by atoms with Crippen LogP contribution < -0.4 is 15.4 Å². The molecule has 0 unspecified atom stereocenters. The van der Waals surface area contributed by atoms with E-state index in [1.165, 1.54) is 14.2 Å². The molecular formula is C14H15ClN2O4. The molecule has 1 aromatic rings. The van der Waals surface area contributed by atoms with Gasteiger partial charge in [0, 0.05) is 11.3 Å². The molecule has 1 aliphatic heterocycles. The molecule has 0 fully saturated rings. The second-order valence-corrected chi connectivity index (χ2v) is 4.80. The highest BCUT2D eigenvalue weighted by Gasteiger charge is 2.33. The summed E-state index contributed by atoms with van der Waals surface area (Å²) >= 11 is 6.28. The van der Waals surface area contributed by atoms with E-state index in [0.717, 1.165) is 0 Å². The van der Waals surface area contributed by atoms with Crippen LogP contribution in [0.4, 0.5) is 4.79 Å². The van der Waals surface area contributed by atoms with Crippen molar-refractivity contribution in [2.45, 2.75) is 13.0 Å². The molecule has 1 heterocycles. The third-order valence-electron chi connectivity index (χ3n) is 3.20. The van der Waals surface area contributed by atoms with Gasteiger partial charge in [0.25, 0.3) is 0 Å². The van der Waals surface area contributed by atoms with Crippen LogP contribution in [0.2, 0.25) is 5.02 Å². The second kappa shape index (κ2) is 6.05. The SMILES string of the molecule is COC(=O)C1=C(C)NC(=O)N[C@@H]1c1cccc(OC)c1Cl. The molecule has 0 spiro atoms. The summed E-state index contributed by atoms with van der Waals surface area (Å²) in [6.07, 6.45) is 0. The van der Waals surface area contributed by atoms with Crippen molar-refractivity contribution in [2.75, 3.05) is 14.2 Å². The molecule has 0 saturated carbocycles. The Morgan fingerprint density at radius 3 is 2.67 bits per heavy atom. The molecule has 0 saturated heterocycles. The number of nitrogens with one attached hydrogen (secondary N) is 2. The molecule has 2 rings (SSSR count). The van der Waals surface area contributed by atoms with Gasteiger partial charge < -0.3 is 20.1 Å². The Labute approximate surface area is 127 Å². The van der Waals surface area contributed by atoms with Gasteiger partial charge in [0.05, 0.1) is 30.9 Å². The monoisotopic (exact) mass is 310 g/mol. The number of amides is 2. The average molecular weight is 311 g/mol. The smallest absolute Gasteiger partial charge is 0.337 e. The number of methoxy groups -OCH3 is 2. The Morgan fingerprint density at radius 2 is 2.05 bits per heavy atom. The zero-order valence-electron chi connectivity index (χ0n) is 11.8. The third kappa shape index (κ3) is 2.80. The molecule has 7 heteroatoms. The Balaban J connectivity index is 2.57. The Hall–Kier alpha value is -2.21. The lowest BCUT2D eigenvalue weighted by Gasteiger charge is -2.28. The second-order valence-electron chi connectivity index (χ2n) is 4.43. The highest BCUT2D eigenvalue weighted by molar-refractivity contribution is 6.33. The van der Waals surface area contributed by atoms with E-state index < -0.39 is 18.0 Å². The number of carbonyl (C=O) groups is 2. The molecule has 21 heavy (non-hydrogen) atoms. The number of ether oxygens (including phenoxy) is 2. The molecule has 0 radical (unpaired) electrons. The number of rotatable bonds is 3. The average Bonchev–Trinajstić information content (AvgIpc) is 2.46. The first-order valence-electron chi connectivity index (χ1n) is 6.18. The highest BCUT2D eigenvalue weighted by atomic mass is 35.5. The summed E-state index contributed by atoms with van der Waals surface area (Å²) in [5, 5.41) is 5.55. The Kier molecular flexibility index (Phi) is 4.37. The molecule has 0 aromatic heterocycles. The van der Waals surface area contributed by atoms with Gasteiger partial charge >= 0.3 is 12.0 Å². The van der Waals surface area contributed by atoms with Gasteiger partial charge in [-0.25, -0.2) is 9.59 Å². The molecule has 1 aliphatic rings. The maximum absolute atomic E-state index is 12.0. The number of allylic oxidation sites excluding steroid dienone is 1. The largest absolute Gasteiger partial charge is 0.495 e. The van der Waals surface area contributed by atoms with E-state index in [4.69, 9.17) is 21.1 Å². The minimum absolute atomic E-state index is 0.298. The lowest BCUT2D eigenvalue weighted by Crippen LogP contribution is -2.45. The fourth-order valence-corrected chi connectivity index (χ4v) is 2.53. The van der Waals surface area contributed by atoms with Crippen molar-refractivity contribution in [2.24, 2.45) is 0 Å². The molecule has 0 aliphatic carbocycles. The number of hydrogen-bond acceptors (Lipinski definition) is 4. The number of carbonyl (C=O) groups excluding carboxylic acids is 2. The van der Waals surface area contributed by atoms with E-state index in [9.17, 15) is 9.59 Å². The van der Waals surface area contributed by atoms with Crippen molar-refractivity contribution in [3.05, 3.63) is 40.1 Å². The van der Waals surface area contributed by atoms with Gasteiger partial charge in [0.2, 0.25) is 0 Å². The molecule has 1 atom stereocenters. The van der Waals surface area contributed by atoms with Crippen molar-refractivity contribution >= 4 is 23.6 Å². The van der Waals surface area contributed by atoms with Crippen molar-refractivity contribution in [1.29, 1.82) is 0 Å². The van der Waals surface area contributed by atoms with Crippen LogP contribution in [0.25, 0.3) is 0 Å². The number of urea groups is 1. The van der Waals surface area contributed by atoms with Gasteiger partial charge in [-0.1, -0.05) is 23.7 Å². The summed E-state index contributed by atoms with van der Waals surface area (Å²) in [6, 6.07) is 4.04. The Morgan fingerprint density at radius 1 is 1.33 bits per heavy atom. The lowest BCUT2D eigenvalue weighted by atomic mass is 9.95. The van der Waals surface area contributed by atoms with Crippen molar-refractivity contribution < 1.29 is 19.1 Å². The minimum Gasteiger partial charge on any atom is -0.495 e. The molecule has 112 valence electrons. The quantitative estimate of drug-likeness (QED) is 0.839. The number of hydrogen-bond donors (Lipinski definition) is 2. The first-order valence-corrected chi connectivity index (χ1v) is 6.56. The van der Waals surface area contributed by atoms with E-state index in [0.29, 0.717) is 27.6 Å². The summed E-state index contributed by atoms with van der Waals surface area (Å²) in [4.78, 5) is 23.7. The molecule has 1 aromatic carbocycles. The van der Waals surface area contributed by atoms with Crippen LogP contribution in [-0.4, -0.2) is 26.2 Å². The van der Waals surface area contributed by atoms with Gasteiger partial charge in [-0.2, -0.15) is 0 Å². The maximum atomic E-state index is 12.0. The van der Waals surface area contributed by atoms with Crippen LogP contribution in [-0.2, 0) is 9.53 Å². The first-order chi connectivity index (χ1) is 9.99. The molecule has 0 bridgehead atoms. The molecule has 6 nitrogen and oxygen atoms in total. The lowest BCUT2D eigenvalue weighted by molar-refractivity contribution is -0.136. The van der Waals surface area contributed by atoms with Gasteiger partial charge in [0.15, 0.2) is 0 Å². The summed E-state index contributed by atoms with van der Waals surface area (Å²) < 4.78 is 9.94. The zero-order valence-corrected chi connectivity index (χ0v) is 12.6. The van der Waals surface area contributed by atoms with Crippen molar-refractivity contribution in [3.8, 4) is 5.75 Å². The molecule has 2 amide bonds. The standard InChI is InChI=1S/C14H15ClN2O4/c1-7-10(13(18)21-3)12(17-14(19)16-7)8-5-4-6-9(20-2)11(8)15/h4-6,12H,1-3H3,(H2,16,17,19)/t12-/m1/s1. The van der Waals surface area contributed by atoms with E-state index in [-0.39, 0.29) is 0 Å². The van der Waals surface area contributed by atoms with E-state index in [2.05, 4.69) is 10.6 Å². The van der Waals surface area contributed by atoms with Gasteiger partial charge in [-0.15, -0.1) is 0 Å². The zero-order chi connectivity index (χ0) is 15.6. The predicted octanol–water partition coefficient (Wildman–Crippen LogP) is 2.15. The number of benzene rings is 1. The third-order valence-corrected chi connectivity index (χ3v) is 3.60. The van der Waals surface area contributed by atoms with Crippen LogP contribution in [0.3, 0.4) is 0 Å². The predicted molar refractivity (Wildman–Crippen MR) is 77.1 cm³/mol. The topological polar surface area (TPSA) is 76.7 Å². The van der Waals surface area contributed by atoms with Crippen LogP contribution in [0.1, 0.15) is 18.5 Å². The summed E-state index contributed by atoms with van der Waals surface area (Å²) in [5.74, 6) is -0.0762. The summed E-state index contributed by atoms with van der Waals surface area (Å²) in [5.41, 5.74) is 1.28. The highest BCUT2D eigenvalue weighted by Crippen LogP contribution is 2.36. The fourth-order valence-electron chi connectivity index (χ4n) is 2.22. The van der Waals surface area contributed by atoms with E-state index in [1.807, 2.05) is 0 Å². The maximum Gasteiger partial charge on any atom is 0.337 e. The van der Waals surface area contributed by atoms with E-state index in [1.54, 1.807) is 25.1 Å². The summed E-state index contributed by atoms with van der Waals surface area (Å²) in [7, 11) is 2.78. The van der Waals surface area contributed by atoms with Gasteiger partial charge in [-0.05, 0) is 13.0 Å². The normalized spacial score (nSPS) is 17.9. The molecule has 2 N–H and O–H groups in total. The summed E-state index contributed by atoms with van der Waals surface area (Å²) in [6.45, 7) is 1.63. The Bertz CT molecular complexity index is 627. The van der Waals surface area contributed by atoms with Crippen molar-refractivity contribution in [3.63, 3.8) is 0 Å². The van der Waals surface area contributed by atoms with E-state index >= 15 is 0 Å². The van der Waals surface area contributed by atoms with Crippen LogP contribution in [0, 0.1) is 0 Å². The van der Waals surface area contributed by atoms with Crippen LogP contribution >= 0.6 is 11.6 Å². The first kappa shape index (κ1) is 15.2. The van der Waals surface area contributed by atoms with Gasteiger partial charge in [0.1, 0.15) is 5.75 Å². The van der Waals surface area contributed by atoms with Crippen molar-refractivity contribution in [1.82, 2.24) is 10.6 Å².